The summed E-state index contributed by atoms with van der Waals surface area (Å²) in [6.45, 7) is 1.55. The number of pyridine rings is 1. The number of hydrogen-bond donors (Lipinski definition) is 2. The summed E-state index contributed by atoms with van der Waals surface area (Å²) < 4.78 is 15.9. The molecule has 0 atom stereocenters. The van der Waals surface area contributed by atoms with Gasteiger partial charge in [-0.2, -0.15) is 5.26 Å². The Morgan fingerprint density at radius 2 is 2.12 bits per heavy atom. The molecular weight excluding hydrogens is 445 g/mol. The third-order valence-electron chi connectivity index (χ3n) is 5.19. The number of nitrogens with one attached hydrogen (secondary N) is 2. The molecule has 0 unspecified atom stereocenters. The van der Waals surface area contributed by atoms with Crippen molar-refractivity contribution in [3.63, 3.8) is 0 Å². The number of H-pyrrole nitrogens is 1. The van der Waals surface area contributed by atoms with Crippen LogP contribution in [0.5, 0.6) is 0 Å². The summed E-state index contributed by atoms with van der Waals surface area (Å²) in [6.07, 6.45) is 4.93. The minimum atomic E-state index is -0.854. The average Bonchev–Trinajstić information content (AvgIpc) is 3.28. The van der Waals surface area contributed by atoms with E-state index in [9.17, 15) is 24.0 Å². The van der Waals surface area contributed by atoms with Crippen molar-refractivity contribution >= 4 is 51.7 Å². The highest BCUT2D eigenvalue weighted by molar-refractivity contribution is 7.97. The summed E-state index contributed by atoms with van der Waals surface area (Å²) in [5.41, 5.74) is 2.52. The number of rotatable bonds is 4. The maximum atomic E-state index is 14.5. The van der Waals surface area contributed by atoms with Crippen molar-refractivity contribution in [2.24, 2.45) is 0 Å². The van der Waals surface area contributed by atoms with Crippen molar-refractivity contribution in [1.29, 1.82) is 5.26 Å². The number of aromatic amines is 1. The fourth-order valence-corrected chi connectivity index (χ4v) is 4.67. The largest absolute Gasteiger partial charge is 0.359 e. The minimum absolute atomic E-state index is 0.0504. The van der Waals surface area contributed by atoms with Crippen LogP contribution in [0, 0.1) is 17.1 Å². The molecule has 1 aromatic carbocycles. The van der Waals surface area contributed by atoms with Gasteiger partial charge in [0.25, 0.3) is 5.78 Å². The average molecular weight is 463 g/mol. The van der Waals surface area contributed by atoms with E-state index in [-0.39, 0.29) is 28.9 Å². The van der Waals surface area contributed by atoms with Crippen LogP contribution in [0.2, 0.25) is 0 Å². The van der Waals surface area contributed by atoms with E-state index >= 15 is 0 Å². The fourth-order valence-electron chi connectivity index (χ4n) is 3.65. The Morgan fingerprint density at radius 1 is 1.30 bits per heavy atom. The van der Waals surface area contributed by atoms with Gasteiger partial charge in [0, 0.05) is 48.8 Å². The molecule has 3 heterocycles. The smallest absolute Gasteiger partial charge is 0.304 e. The van der Waals surface area contributed by atoms with E-state index in [4.69, 9.17) is 0 Å². The van der Waals surface area contributed by atoms with Gasteiger partial charge in [0.1, 0.15) is 5.82 Å². The number of anilines is 1. The van der Waals surface area contributed by atoms with Crippen LogP contribution < -0.4 is 5.32 Å². The second-order valence-corrected chi connectivity index (χ2v) is 8.31. The molecule has 2 aromatic heterocycles. The zero-order valence-corrected chi connectivity index (χ0v) is 18.3. The Hall–Kier alpha value is -3.97. The molecule has 1 fully saturated rings. The normalized spacial score (nSPS) is 15.1. The SMILES string of the molecule is CC(=O)Nc1ccc(F)c2c(C(=O)C(=O)N3CCC(=C(C#N)c4cccnc4)CS3)c[nH]c12. The number of fused-ring (bicyclic) bond motifs is 1. The first-order chi connectivity index (χ1) is 15.9. The van der Waals surface area contributed by atoms with Crippen LogP contribution in [-0.2, 0) is 9.59 Å². The van der Waals surface area contributed by atoms with Crippen molar-refractivity contribution in [3.8, 4) is 6.07 Å². The van der Waals surface area contributed by atoms with Crippen LogP contribution >= 0.6 is 11.9 Å². The van der Waals surface area contributed by atoms with Crippen LogP contribution in [0.1, 0.15) is 29.3 Å². The van der Waals surface area contributed by atoms with Crippen molar-refractivity contribution in [3.05, 3.63) is 65.4 Å². The van der Waals surface area contributed by atoms with E-state index in [2.05, 4.69) is 21.4 Å². The molecular formula is C23H18FN5O3S. The van der Waals surface area contributed by atoms with E-state index in [1.165, 1.54) is 23.5 Å². The van der Waals surface area contributed by atoms with Gasteiger partial charge >= 0.3 is 5.91 Å². The molecule has 4 rings (SSSR count). The molecule has 0 spiro atoms. The molecule has 166 valence electrons. The number of ketones is 1. The Kier molecular flexibility index (Phi) is 6.24. The van der Waals surface area contributed by atoms with Gasteiger partial charge in [-0.15, -0.1) is 0 Å². The predicted octanol–water partition coefficient (Wildman–Crippen LogP) is 3.70. The molecule has 10 heteroatoms. The van der Waals surface area contributed by atoms with Crippen LogP contribution in [0.4, 0.5) is 10.1 Å². The monoisotopic (exact) mass is 463 g/mol. The van der Waals surface area contributed by atoms with E-state index in [0.717, 1.165) is 23.6 Å². The summed E-state index contributed by atoms with van der Waals surface area (Å²) in [5, 5.41) is 12.1. The van der Waals surface area contributed by atoms with E-state index < -0.39 is 17.5 Å². The van der Waals surface area contributed by atoms with Crippen molar-refractivity contribution in [2.45, 2.75) is 13.3 Å². The van der Waals surface area contributed by atoms with Crippen LogP contribution in [0.25, 0.3) is 16.5 Å². The van der Waals surface area contributed by atoms with Gasteiger partial charge < -0.3 is 10.3 Å². The molecule has 33 heavy (non-hydrogen) atoms. The number of allylic oxidation sites excluding steroid dienone is 1. The first-order valence-electron chi connectivity index (χ1n) is 9.99. The Bertz CT molecular complexity index is 1330. The highest BCUT2D eigenvalue weighted by atomic mass is 32.2. The van der Waals surface area contributed by atoms with Crippen molar-refractivity contribution in [1.82, 2.24) is 14.3 Å². The maximum absolute atomic E-state index is 14.5. The van der Waals surface area contributed by atoms with Gasteiger partial charge in [-0.05, 0) is 42.1 Å². The quantitative estimate of drug-likeness (QED) is 0.264. The molecule has 0 bridgehead atoms. The topological polar surface area (TPSA) is 119 Å². The number of carbonyl (C=O) groups is 3. The van der Waals surface area contributed by atoms with Crippen LogP contribution in [0.3, 0.4) is 0 Å². The lowest BCUT2D eigenvalue weighted by Gasteiger charge is -2.27. The highest BCUT2D eigenvalue weighted by Gasteiger charge is 2.30. The standard InChI is InChI=1S/C23H18FN5O3S/c1-13(30)28-19-5-4-18(24)20-17(11-27-21(19)20)22(31)23(32)29-8-6-15(12-33-29)16(9-25)14-3-2-7-26-10-14/h2-5,7,10-11,27H,6,8,12H2,1H3,(H,28,30). The summed E-state index contributed by atoms with van der Waals surface area (Å²) in [5.74, 6) is -2.29. The van der Waals surface area contributed by atoms with Gasteiger partial charge in [-0.25, -0.2) is 4.39 Å². The number of Topliss-reactive ketones (excluding diaryl/α,β-unsaturated/α-hetero) is 1. The highest BCUT2D eigenvalue weighted by Crippen LogP contribution is 2.32. The second-order valence-electron chi connectivity index (χ2n) is 7.32. The number of halogens is 1. The fraction of sp³-hybridized carbons (Fsp3) is 0.174. The lowest BCUT2D eigenvalue weighted by atomic mass is 10.0. The molecule has 1 saturated heterocycles. The molecule has 1 aliphatic heterocycles. The summed E-state index contributed by atoms with van der Waals surface area (Å²) in [4.78, 5) is 44.1. The minimum Gasteiger partial charge on any atom is -0.359 e. The molecule has 2 N–H and O–H groups in total. The Morgan fingerprint density at radius 3 is 2.76 bits per heavy atom. The van der Waals surface area contributed by atoms with Gasteiger partial charge in [-0.3, -0.25) is 23.7 Å². The second kappa shape index (κ2) is 9.26. The number of nitriles is 1. The molecule has 3 aromatic rings. The first kappa shape index (κ1) is 22.2. The van der Waals surface area contributed by atoms with Gasteiger partial charge in [0.15, 0.2) is 0 Å². The number of carbonyl (C=O) groups excluding carboxylic acids is 3. The third kappa shape index (κ3) is 4.36. The number of nitrogens with zero attached hydrogens (tertiary/aromatic N) is 3. The van der Waals surface area contributed by atoms with Gasteiger partial charge in [0.2, 0.25) is 5.91 Å². The van der Waals surface area contributed by atoms with Gasteiger partial charge in [0.05, 0.1) is 28.4 Å². The summed E-state index contributed by atoms with van der Waals surface area (Å²) >= 11 is 1.14. The molecule has 1 aliphatic rings. The lowest BCUT2D eigenvalue weighted by Crippen LogP contribution is -2.35. The Balaban J connectivity index is 1.55. The van der Waals surface area contributed by atoms with Crippen molar-refractivity contribution in [2.75, 3.05) is 17.6 Å². The number of benzene rings is 1. The number of hydrogen-bond acceptors (Lipinski definition) is 6. The van der Waals surface area contributed by atoms with E-state index in [1.807, 2.05) is 0 Å². The zero-order valence-electron chi connectivity index (χ0n) is 17.5. The van der Waals surface area contributed by atoms with E-state index in [1.54, 1.807) is 24.5 Å². The number of amides is 2. The summed E-state index contributed by atoms with van der Waals surface area (Å²) in [6, 6.07) is 8.26. The van der Waals surface area contributed by atoms with E-state index in [0.29, 0.717) is 29.0 Å². The molecule has 0 saturated carbocycles. The maximum Gasteiger partial charge on any atom is 0.304 e. The predicted molar refractivity (Wildman–Crippen MR) is 122 cm³/mol. The molecule has 2 amide bonds. The molecule has 0 aliphatic carbocycles. The van der Waals surface area contributed by atoms with Crippen LogP contribution in [0.15, 0.2) is 48.4 Å². The van der Waals surface area contributed by atoms with Crippen molar-refractivity contribution < 1.29 is 18.8 Å². The third-order valence-corrected chi connectivity index (χ3v) is 6.33. The number of aromatic nitrogens is 2. The first-order valence-corrected chi connectivity index (χ1v) is 10.9. The summed E-state index contributed by atoms with van der Waals surface area (Å²) in [7, 11) is 0. The van der Waals surface area contributed by atoms with Gasteiger partial charge in [-0.1, -0.05) is 6.07 Å². The van der Waals surface area contributed by atoms with Crippen LogP contribution in [-0.4, -0.2) is 44.2 Å². The zero-order chi connectivity index (χ0) is 23.5. The molecule has 8 nitrogen and oxygen atoms in total. The molecule has 0 radical (unpaired) electrons. The lowest BCUT2D eigenvalue weighted by molar-refractivity contribution is -0.121. The Labute approximate surface area is 192 Å².